The van der Waals surface area contributed by atoms with Gasteiger partial charge in [0, 0.05) is 17.9 Å². The molecule has 7 heteroatoms. The average molecular weight is 352 g/mol. The number of urea groups is 1. The number of hydrogen-bond acceptors (Lipinski definition) is 4. The molecule has 1 aromatic carbocycles. The number of imide groups is 1. The van der Waals surface area contributed by atoms with Crippen LogP contribution in [0.15, 0.2) is 36.4 Å². The Morgan fingerprint density at radius 2 is 1.81 bits per heavy atom. The van der Waals surface area contributed by atoms with Gasteiger partial charge in [0.2, 0.25) is 0 Å². The van der Waals surface area contributed by atoms with Crippen LogP contribution in [0, 0.1) is 12.8 Å². The normalized spacial score (nSPS) is 13.2. The Kier molecular flexibility index (Phi) is 4.71. The number of benzene rings is 1. The minimum Gasteiger partial charge on any atom is -0.308 e. The molecule has 0 atom stereocenters. The van der Waals surface area contributed by atoms with E-state index in [0.29, 0.717) is 29.2 Å². The smallest absolute Gasteiger partial charge is 0.308 e. The molecule has 26 heavy (non-hydrogen) atoms. The Hall–Kier alpha value is -3.22. The summed E-state index contributed by atoms with van der Waals surface area (Å²) < 4.78 is 0. The SMILES string of the molecule is Cc1cccc(NC(=O)Nc2ccc3c(c2)C(=O)N(CC(C)C)C3=O)n1. The molecule has 4 amide bonds. The first-order valence-electron chi connectivity index (χ1n) is 8.37. The van der Waals surface area contributed by atoms with Gasteiger partial charge >= 0.3 is 6.03 Å². The van der Waals surface area contributed by atoms with E-state index in [9.17, 15) is 14.4 Å². The Morgan fingerprint density at radius 1 is 1.08 bits per heavy atom. The summed E-state index contributed by atoms with van der Waals surface area (Å²) in [5.41, 5.74) is 1.89. The third kappa shape index (κ3) is 3.56. The topological polar surface area (TPSA) is 91.4 Å². The first kappa shape index (κ1) is 17.6. The Balaban J connectivity index is 1.74. The number of aryl methyl sites for hydroxylation is 1. The van der Waals surface area contributed by atoms with Crippen LogP contribution in [0.2, 0.25) is 0 Å². The minimum atomic E-state index is -0.473. The van der Waals surface area contributed by atoms with Gasteiger partial charge in [-0.1, -0.05) is 19.9 Å². The fraction of sp³-hybridized carbons (Fsp3) is 0.263. The highest BCUT2D eigenvalue weighted by Gasteiger charge is 2.35. The van der Waals surface area contributed by atoms with Crippen molar-refractivity contribution in [2.45, 2.75) is 20.8 Å². The summed E-state index contributed by atoms with van der Waals surface area (Å²) >= 11 is 0. The summed E-state index contributed by atoms with van der Waals surface area (Å²) in [6, 6.07) is 9.53. The number of fused-ring (bicyclic) bond motifs is 1. The predicted octanol–water partition coefficient (Wildman–Crippen LogP) is 3.29. The summed E-state index contributed by atoms with van der Waals surface area (Å²) in [4.78, 5) is 42.4. The number of pyridine rings is 1. The van der Waals surface area contributed by atoms with Gasteiger partial charge in [0.15, 0.2) is 0 Å². The van der Waals surface area contributed by atoms with Crippen molar-refractivity contribution >= 4 is 29.4 Å². The molecule has 2 aromatic rings. The van der Waals surface area contributed by atoms with E-state index in [4.69, 9.17) is 0 Å². The summed E-state index contributed by atoms with van der Waals surface area (Å²) in [5.74, 6) is -0.0118. The lowest BCUT2D eigenvalue weighted by Gasteiger charge is -2.15. The molecule has 1 aliphatic rings. The van der Waals surface area contributed by atoms with Crippen LogP contribution in [-0.2, 0) is 0 Å². The quantitative estimate of drug-likeness (QED) is 0.826. The van der Waals surface area contributed by atoms with Gasteiger partial charge in [-0.05, 0) is 43.2 Å². The molecule has 2 heterocycles. The van der Waals surface area contributed by atoms with Gasteiger partial charge in [0.1, 0.15) is 5.82 Å². The molecule has 0 saturated carbocycles. The molecule has 0 spiro atoms. The van der Waals surface area contributed by atoms with Crippen LogP contribution in [0.25, 0.3) is 0 Å². The van der Waals surface area contributed by atoms with Crippen LogP contribution in [0.5, 0.6) is 0 Å². The lowest BCUT2D eigenvalue weighted by molar-refractivity contribution is 0.0636. The van der Waals surface area contributed by atoms with E-state index in [1.54, 1.807) is 24.3 Å². The van der Waals surface area contributed by atoms with Gasteiger partial charge < -0.3 is 5.32 Å². The van der Waals surface area contributed by atoms with Crippen molar-refractivity contribution < 1.29 is 14.4 Å². The number of rotatable bonds is 4. The van der Waals surface area contributed by atoms with Crippen molar-refractivity contribution in [2.75, 3.05) is 17.2 Å². The molecule has 134 valence electrons. The highest BCUT2D eigenvalue weighted by Crippen LogP contribution is 2.26. The fourth-order valence-electron chi connectivity index (χ4n) is 2.79. The molecule has 0 fully saturated rings. The lowest BCUT2D eigenvalue weighted by Crippen LogP contribution is -2.33. The van der Waals surface area contributed by atoms with E-state index >= 15 is 0 Å². The van der Waals surface area contributed by atoms with Crippen molar-refractivity contribution in [3.05, 3.63) is 53.2 Å². The molecule has 0 saturated heterocycles. The number of carbonyl (C=O) groups is 3. The summed E-state index contributed by atoms with van der Waals surface area (Å²) in [6.45, 7) is 6.09. The van der Waals surface area contributed by atoms with Crippen LogP contribution in [0.1, 0.15) is 40.3 Å². The third-order valence-corrected chi connectivity index (χ3v) is 3.91. The Bertz CT molecular complexity index is 892. The molecule has 7 nitrogen and oxygen atoms in total. The highest BCUT2D eigenvalue weighted by molar-refractivity contribution is 6.22. The van der Waals surface area contributed by atoms with Gasteiger partial charge in [-0.25, -0.2) is 9.78 Å². The maximum atomic E-state index is 12.5. The second-order valence-electron chi connectivity index (χ2n) is 6.62. The van der Waals surface area contributed by atoms with Crippen LogP contribution >= 0.6 is 0 Å². The van der Waals surface area contributed by atoms with Crippen LogP contribution < -0.4 is 10.6 Å². The van der Waals surface area contributed by atoms with E-state index in [0.717, 1.165) is 5.69 Å². The zero-order valence-electron chi connectivity index (χ0n) is 14.9. The molecule has 2 N–H and O–H groups in total. The van der Waals surface area contributed by atoms with Gasteiger partial charge in [-0.15, -0.1) is 0 Å². The molecular weight excluding hydrogens is 332 g/mol. The average Bonchev–Trinajstić information content (AvgIpc) is 2.79. The molecule has 0 aliphatic carbocycles. The van der Waals surface area contributed by atoms with E-state index in [1.165, 1.54) is 11.0 Å². The largest absolute Gasteiger partial charge is 0.324 e. The predicted molar refractivity (Wildman–Crippen MR) is 98.3 cm³/mol. The van der Waals surface area contributed by atoms with Crippen LogP contribution in [-0.4, -0.2) is 34.3 Å². The van der Waals surface area contributed by atoms with E-state index in [-0.39, 0.29) is 17.7 Å². The number of nitrogens with zero attached hydrogens (tertiary/aromatic N) is 2. The minimum absolute atomic E-state index is 0.183. The molecular formula is C19H20N4O3. The third-order valence-electron chi connectivity index (χ3n) is 3.91. The van der Waals surface area contributed by atoms with Gasteiger partial charge in [-0.3, -0.25) is 19.8 Å². The zero-order chi connectivity index (χ0) is 18.8. The summed E-state index contributed by atoms with van der Waals surface area (Å²) in [7, 11) is 0. The number of hydrogen-bond donors (Lipinski definition) is 2. The van der Waals surface area contributed by atoms with Gasteiger partial charge in [0.05, 0.1) is 11.1 Å². The number of anilines is 2. The second kappa shape index (κ2) is 6.95. The van der Waals surface area contributed by atoms with Crippen molar-refractivity contribution in [2.24, 2.45) is 5.92 Å². The monoisotopic (exact) mass is 352 g/mol. The maximum Gasteiger partial charge on any atom is 0.324 e. The number of nitrogens with one attached hydrogen (secondary N) is 2. The zero-order valence-corrected chi connectivity index (χ0v) is 14.9. The molecule has 0 radical (unpaired) electrons. The van der Waals surface area contributed by atoms with Crippen molar-refractivity contribution in [3.8, 4) is 0 Å². The summed E-state index contributed by atoms with van der Waals surface area (Å²) in [5, 5.41) is 5.29. The highest BCUT2D eigenvalue weighted by atomic mass is 16.2. The van der Waals surface area contributed by atoms with Gasteiger partial charge in [0.25, 0.3) is 11.8 Å². The second-order valence-corrected chi connectivity index (χ2v) is 6.62. The standard InChI is InChI=1S/C19H20N4O3/c1-11(2)10-23-17(24)14-8-7-13(9-15(14)18(23)25)21-19(26)22-16-6-4-5-12(3)20-16/h4-9,11H,10H2,1-3H3,(H2,20,21,22,26). The molecule has 1 aromatic heterocycles. The van der Waals surface area contributed by atoms with E-state index < -0.39 is 6.03 Å². The Labute approximate surface area is 151 Å². The van der Waals surface area contributed by atoms with Crippen molar-refractivity contribution in [1.29, 1.82) is 0 Å². The van der Waals surface area contributed by atoms with Crippen molar-refractivity contribution in [1.82, 2.24) is 9.88 Å². The van der Waals surface area contributed by atoms with E-state index in [1.807, 2.05) is 26.8 Å². The summed E-state index contributed by atoms with van der Waals surface area (Å²) in [6.07, 6.45) is 0. The van der Waals surface area contributed by atoms with Crippen molar-refractivity contribution in [3.63, 3.8) is 0 Å². The number of aromatic nitrogens is 1. The van der Waals surface area contributed by atoms with E-state index in [2.05, 4.69) is 15.6 Å². The van der Waals surface area contributed by atoms with Crippen LogP contribution in [0.3, 0.4) is 0 Å². The fourth-order valence-corrected chi connectivity index (χ4v) is 2.79. The number of amides is 4. The lowest BCUT2D eigenvalue weighted by atomic mass is 10.1. The molecule has 1 aliphatic heterocycles. The first-order chi connectivity index (χ1) is 12.3. The first-order valence-corrected chi connectivity index (χ1v) is 8.37. The molecule has 0 unspecified atom stereocenters. The number of carbonyl (C=O) groups excluding carboxylic acids is 3. The molecule has 0 bridgehead atoms. The van der Waals surface area contributed by atoms with Crippen LogP contribution in [0.4, 0.5) is 16.3 Å². The molecule has 3 rings (SSSR count). The van der Waals surface area contributed by atoms with Gasteiger partial charge in [-0.2, -0.15) is 0 Å². The Morgan fingerprint density at radius 3 is 2.50 bits per heavy atom. The maximum absolute atomic E-state index is 12.5.